The summed E-state index contributed by atoms with van der Waals surface area (Å²) in [5, 5.41) is 7.79. The summed E-state index contributed by atoms with van der Waals surface area (Å²) in [6.07, 6.45) is 2.01. The Balaban J connectivity index is 2.46. The van der Waals surface area contributed by atoms with Gasteiger partial charge in [0.2, 0.25) is 0 Å². The number of rotatable bonds is 3. The molecule has 0 aromatic carbocycles. The maximum Gasteiger partial charge on any atom is 0.0762 e. The van der Waals surface area contributed by atoms with Gasteiger partial charge in [0, 0.05) is 24.8 Å². The van der Waals surface area contributed by atoms with Gasteiger partial charge in [-0.1, -0.05) is 0 Å². The molecule has 1 rings (SSSR count). The highest BCUT2D eigenvalue weighted by Crippen LogP contribution is 2.02. The lowest BCUT2D eigenvalue weighted by molar-refractivity contribution is 0.419. The summed E-state index contributed by atoms with van der Waals surface area (Å²) in [5.41, 5.74) is 1.27. The first-order valence-electron chi connectivity index (χ1n) is 4.78. The number of aryl methyl sites for hydroxylation is 1. The van der Waals surface area contributed by atoms with Crippen molar-refractivity contribution in [3.8, 4) is 0 Å². The van der Waals surface area contributed by atoms with E-state index in [2.05, 4.69) is 44.2 Å². The lowest BCUT2D eigenvalue weighted by atomic mass is 10.1. The van der Waals surface area contributed by atoms with Gasteiger partial charge in [0.15, 0.2) is 0 Å². The van der Waals surface area contributed by atoms with E-state index in [1.807, 2.05) is 10.9 Å². The third-order valence-electron chi connectivity index (χ3n) is 1.82. The van der Waals surface area contributed by atoms with Crippen molar-refractivity contribution >= 4 is 0 Å². The molecule has 0 aliphatic heterocycles. The molecule has 74 valence electrons. The van der Waals surface area contributed by atoms with Crippen molar-refractivity contribution in [2.24, 2.45) is 0 Å². The molecule has 0 radical (unpaired) electrons. The molecule has 0 spiro atoms. The quantitative estimate of drug-likeness (QED) is 0.770. The molecule has 0 aliphatic rings. The van der Waals surface area contributed by atoms with Gasteiger partial charge in [-0.2, -0.15) is 5.10 Å². The van der Waals surface area contributed by atoms with Gasteiger partial charge in [0.25, 0.3) is 0 Å². The Labute approximate surface area is 80.1 Å². The fourth-order valence-electron chi connectivity index (χ4n) is 1.03. The van der Waals surface area contributed by atoms with Crippen LogP contribution in [0.2, 0.25) is 0 Å². The summed E-state index contributed by atoms with van der Waals surface area (Å²) in [6.45, 7) is 10.3. The maximum absolute atomic E-state index is 4.39. The van der Waals surface area contributed by atoms with Crippen LogP contribution < -0.4 is 5.32 Å². The van der Waals surface area contributed by atoms with Gasteiger partial charge in [-0.3, -0.25) is 4.68 Å². The average molecular weight is 181 g/mol. The summed E-state index contributed by atoms with van der Waals surface area (Å²) in [4.78, 5) is 0. The van der Waals surface area contributed by atoms with Crippen LogP contribution in [0.1, 0.15) is 33.4 Å². The lowest BCUT2D eigenvalue weighted by Gasteiger charge is -2.19. The third kappa shape index (κ3) is 3.59. The van der Waals surface area contributed by atoms with Crippen molar-refractivity contribution in [2.75, 3.05) is 0 Å². The number of aromatic nitrogens is 2. The van der Waals surface area contributed by atoms with Gasteiger partial charge in [0.05, 0.1) is 5.69 Å². The van der Waals surface area contributed by atoms with E-state index < -0.39 is 0 Å². The molecule has 0 saturated carbocycles. The van der Waals surface area contributed by atoms with Crippen molar-refractivity contribution in [2.45, 2.75) is 46.3 Å². The first kappa shape index (κ1) is 10.3. The van der Waals surface area contributed by atoms with E-state index in [1.165, 1.54) is 0 Å². The summed E-state index contributed by atoms with van der Waals surface area (Å²) >= 11 is 0. The molecule has 0 saturated heterocycles. The molecular formula is C10H19N3. The highest BCUT2D eigenvalue weighted by Gasteiger charge is 2.08. The Bertz CT molecular complexity index is 257. The van der Waals surface area contributed by atoms with Crippen molar-refractivity contribution in [1.82, 2.24) is 15.1 Å². The van der Waals surface area contributed by atoms with Crippen molar-refractivity contribution in [3.05, 3.63) is 18.0 Å². The van der Waals surface area contributed by atoms with Crippen LogP contribution in [0.4, 0.5) is 0 Å². The lowest BCUT2D eigenvalue weighted by Crippen LogP contribution is -2.35. The van der Waals surface area contributed by atoms with Crippen molar-refractivity contribution in [3.63, 3.8) is 0 Å². The smallest absolute Gasteiger partial charge is 0.0762 e. The van der Waals surface area contributed by atoms with E-state index in [0.29, 0.717) is 0 Å². The van der Waals surface area contributed by atoms with Crippen LogP contribution in [0.15, 0.2) is 12.3 Å². The van der Waals surface area contributed by atoms with Crippen molar-refractivity contribution in [1.29, 1.82) is 0 Å². The Kier molecular flexibility index (Phi) is 3.09. The molecule has 0 fully saturated rings. The fraction of sp³-hybridized carbons (Fsp3) is 0.700. The van der Waals surface area contributed by atoms with E-state index >= 15 is 0 Å². The summed E-state index contributed by atoms with van der Waals surface area (Å²) in [5.74, 6) is 0. The zero-order valence-corrected chi connectivity index (χ0v) is 8.96. The van der Waals surface area contributed by atoms with E-state index in [1.54, 1.807) is 0 Å². The molecule has 0 aliphatic carbocycles. The second kappa shape index (κ2) is 3.92. The number of nitrogens with one attached hydrogen (secondary N) is 1. The molecule has 1 aromatic heterocycles. The molecule has 0 atom stereocenters. The summed E-state index contributed by atoms with van der Waals surface area (Å²) < 4.78 is 1.94. The Morgan fingerprint density at radius 2 is 2.15 bits per heavy atom. The number of hydrogen-bond donors (Lipinski definition) is 1. The molecule has 13 heavy (non-hydrogen) atoms. The number of hydrogen-bond acceptors (Lipinski definition) is 2. The highest BCUT2D eigenvalue weighted by molar-refractivity contribution is 4.99. The Morgan fingerprint density at radius 1 is 1.46 bits per heavy atom. The zero-order chi connectivity index (χ0) is 9.90. The molecule has 1 heterocycles. The standard InChI is InChI=1S/C10H19N3/c1-5-13-7-6-9(12-13)8-11-10(2,3)4/h6-7,11H,5,8H2,1-4H3. The van der Waals surface area contributed by atoms with E-state index in [-0.39, 0.29) is 5.54 Å². The van der Waals surface area contributed by atoms with Crippen LogP contribution in [-0.4, -0.2) is 15.3 Å². The average Bonchev–Trinajstić information content (AvgIpc) is 2.47. The van der Waals surface area contributed by atoms with Crippen LogP contribution in [-0.2, 0) is 13.1 Å². The van der Waals surface area contributed by atoms with Crippen LogP contribution in [0.5, 0.6) is 0 Å². The predicted octanol–water partition coefficient (Wildman–Crippen LogP) is 1.79. The predicted molar refractivity (Wildman–Crippen MR) is 54.5 cm³/mol. The number of nitrogens with zero attached hydrogens (tertiary/aromatic N) is 2. The van der Waals surface area contributed by atoms with Gasteiger partial charge in [-0.15, -0.1) is 0 Å². The van der Waals surface area contributed by atoms with Gasteiger partial charge < -0.3 is 5.32 Å². The minimum absolute atomic E-state index is 0.163. The third-order valence-corrected chi connectivity index (χ3v) is 1.82. The topological polar surface area (TPSA) is 29.9 Å². The molecule has 3 nitrogen and oxygen atoms in total. The molecule has 0 amide bonds. The molecule has 3 heteroatoms. The summed E-state index contributed by atoms with van der Waals surface area (Å²) in [6, 6.07) is 2.06. The van der Waals surface area contributed by atoms with Gasteiger partial charge >= 0.3 is 0 Å². The van der Waals surface area contributed by atoms with E-state index in [0.717, 1.165) is 18.8 Å². The first-order valence-corrected chi connectivity index (χ1v) is 4.78. The zero-order valence-electron chi connectivity index (χ0n) is 8.96. The van der Waals surface area contributed by atoms with Crippen molar-refractivity contribution < 1.29 is 0 Å². The second-order valence-electron chi connectivity index (χ2n) is 4.27. The van der Waals surface area contributed by atoms with E-state index in [4.69, 9.17) is 0 Å². The summed E-state index contributed by atoms with van der Waals surface area (Å²) in [7, 11) is 0. The second-order valence-corrected chi connectivity index (χ2v) is 4.27. The molecule has 1 N–H and O–H groups in total. The minimum atomic E-state index is 0.163. The van der Waals surface area contributed by atoms with Crippen LogP contribution in [0, 0.1) is 0 Å². The SMILES string of the molecule is CCn1ccc(CNC(C)(C)C)n1. The Morgan fingerprint density at radius 3 is 2.62 bits per heavy atom. The van der Waals surface area contributed by atoms with Crippen LogP contribution >= 0.6 is 0 Å². The maximum atomic E-state index is 4.39. The highest BCUT2D eigenvalue weighted by atomic mass is 15.3. The van der Waals surface area contributed by atoms with E-state index in [9.17, 15) is 0 Å². The van der Waals surface area contributed by atoms with Gasteiger partial charge in [-0.05, 0) is 33.8 Å². The molecular weight excluding hydrogens is 162 g/mol. The first-order chi connectivity index (χ1) is 6.01. The van der Waals surface area contributed by atoms with Crippen LogP contribution in [0.3, 0.4) is 0 Å². The molecule has 0 unspecified atom stereocenters. The molecule has 1 aromatic rings. The largest absolute Gasteiger partial charge is 0.306 e. The normalized spacial score (nSPS) is 12.0. The fourth-order valence-corrected chi connectivity index (χ4v) is 1.03. The Hall–Kier alpha value is -0.830. The molecule has 0 bridgehead atoms. The van der Waals surface area contributed by atoms with Gasteiger partial charge in [0.1, 0.15) is 0 Å². The van der Waals surface area contributed by atoms with Gasteiger partial charge in [-0.25, -0.2) is 0 Å². The van der Waals surface area contributed by atoms with Crippen LogP contribution in [0.25, 0.3) is 0 Å². The minimum Gasteiger partial charge on any atom is -0.306 e. The monoisotopic (exact) mass is 181 g/mol.